The summed E-state index contributed by atoms with van der Waals surface area (Å²) >= 11 is 18.1. The van der Waals surface area contributed by atoms with Gasteiger partial charge in [0.1, 0.15) is 0 Å². The van der Waals surface area contributed by atoms with Crippen LogP contribution in [-0.4, -0.2) is 31.7 Å². The predicted molar refractivity (Wildman–Crippen MR) is 118 cm³/mol. The molecular weight excluding hydrogens is 512 g/mol. The van der Waals surface area contributed by atoms with Crippen molar-refractivity contribution in [3.8, 4) is 0 Å². The second-order valence-corrected chi connectivity index (χ2v) is 10.5. The molecule has 0 aromatic heterocycles. The Kier molecular flexibility index (Phi) is 7.66. The van der Waals surface area contributed by atoms with Gasteiger partial charge < -0.3 is 5.32 Å². The van der Waals surface area contributed by atoms with Gasteiger partial charge in [-0.15, -0.1) is 0 Å². The molecule has 1 atom stereocenters. The Labute approximate surface area is 198 Å². The molecule has 1 unspecified atom stereocenters. The molecule has 32 heavy (non-hydrogen) atoms. The number of hydrogen-bond donors (Lipinski definition) is 1. The quantitative estimate of drug-likeness (QED) is 0.529. The lowest BCUT2D eigenvalue weighted by Gasteiger charge is -2.31. The fourth-order valence-electron chi connectivity index (χ4n) is 3.39. The minimum absolute atomic E-state index is 0.0556. The third kappa shape index (κ3) is 5.88. The van der Waals surface area contributed by atoms with Gasteiger partial charge in [0.15, 0.2) is 0 Å². The van der Waals surface area contributed by atoms with Gasteiger partial charge >= 0.3 is 6.18 Å². The summed E-state index contributed by atoms with van der Waals surface area (Å²) in [5, 5.41) is 2.77. The Bertz CT molecular complexity index is 1110. The summed E-state index contributed by atoms with van der Waals surface area (Å²) < 4.78 is 65.9. The van der Waals surface area contributed by atoms with Crippen LogP contribution in [0.5, 0.6) is 0 Å². The Morgan fingerprint density at radius 2 is 1.75 bits per heavy atom. The number of alkyl halides is 3. The van der Waals surface area contributed by atoms with Gasteiger partial charge in [0.2, 0.25) is 15.9 Å². The normalized spacial score (nSPS) is 17.9. The van der Waals surface area contributed by atoms with E-state index in [0.717, 1.165) is 18.2 Å². The van der Waals surface area contributed by atoms with Gasteiger partial charge in [0.05, 0.1) is 27.9 Å². The molecule has 12 heteroatoms. The maximum absolute atomic E-state index is 13.0. The van der Waals surface area contributed by atoms with Gasteiger partial charge in [-0.2, -0.15) is 13.2 Å². The minimum atomic E-state index is -4.60. The van der Waals surface area contributed by atoms with Crippen LogP contribution in [0.3, 0.4) is 0 Å². The van der Waals surface area contributed by atoms with E-state index in [2.05, 4.69) is 5.32 Å². The number of hydrogen-bond acceptors (Lipinski definition) is 3. The Hall–Kier alpha value is -1.52. The lowest BCUT2D eigenvalue weighted by atomic mass is 9.98. The number of nitrogens with one attached hydrogen (secondary N) is 1. The van der Waals surface area contributed by atoms with Crippen LogP contribution in [0.25, 0.3) is 0 Å². The first-order valence-corrected chi connectivity index (χ1v) is 12.2. The Balaban J connectivity index is 1.74. The topological polar surface area (TPSA) is 66.5 Å². The molecule has 1 heterocycles. The molecule has 1 aliphatic rings. The number of carbonyl (C=O) groups excluding carboxylic acids is 1. The first kappa shape index (κ1) is 25.1. The van der Waals surface area contributed by atoms with E-state index in [9.17, 15) is 26.4 Å². The van der Waals surface area contributed by atoms with E-state index < -0.39 is 39.3 Å². The number of amides is 1. The van der Waals surface area contributed by atoms with Crippen molar-refractivity contribution in [2.24, 2.45) is 5.92 Å². The molecule has 1 N–H and O–H groups in total. The largest absolute Gasteiger partial charge is 0.416 e. The number of benzene rings is 2. The number of nitrogens with zero attached hydrogens (tertiary/aromatic N) is 1. The summed E-state index contributed by atoms with van der Waals surface area (Å²) in [5.74, 6) is -1.80. The van der Waals surface area contributed by atoms with E-state index in [0.29, 0.717) is 12.8 Å². The van der Waals surface area contributed by atoms with Crippen LogP contribution in [0.1, 0.15) is 24.0 Å². The first-order chi connectivity index (χ1) is 14.9. The highest BCUT2D eigenvalue weighted by Crippen LogP contribution is 2.34. The molecule has 5 nitrogen and oxygen atoms in total. The van der Waals surface area contributed by atoms with Crippen LogP contribution in [0.15, 0.2) is 36.4 Å². The third-order valence-electron chi connectivity index (χ3n) is 5.09. The lowest BCUT2D eigenvalue weighted by Crippen LogP contribution is -2.44. The first-order valence-electron chi connectivity index (χ1n) is 9.47. The highest BCUT2D eigenvalue weighted by atomic mass is 35.5. The number of anilines is 1. The van der Waals surface area contributed by atoms with Crippen LogP contribution >= 0.6 is 34.8 Å². The second kappa shape index (κ2) is 9.77. The summed E-state index contributed by atoms with van der Waals surface area (Å²) in [7, 11) is -3.85. The molecule has 1 amide bonds. The number of sulfonamides is 1. The van der Waals surface area contributed by atoms with Crippen LogP contribution in [0, 0.1) is 5.92 Å². The van der Waals surface area contributed by atoms with Crippen LogP contribution in [0.4, 0.5) is 18.9 Å². The molecule has 0 bridgehead atoms. The van der Waals surface area contributed by atoms with Gasteiger partial charge in [-0.25, -0.2) is 12.7 Å². The minimum Gasteiger partial charge on any atom is -0.324 e. The number of rotatable bonds is 5. The van der Waals surface area contributed by atoms with Gasteiger partial charge in [-0.1, -0.05) is 40.9 Å². The molecule has 0 radical (unpaired) electrons. The number of halogens is 6. The van der Waals surface area contributed by atoms with Crippen LogP contribution in [-0.2, 0) is 26.7 Å². The number of carbonyl (C=O) groups is 1. The van der Waals surface area contributed by atoms with Gasteiger partial charge in [0, 0.05) is 28.7 Å². The zero-order chi connectivity index (χ0) is 23.7. The van der Waals surface area contributed by atoms with Gasteiger partial charge in [-0.3, -0.25) is 4.79 Å². The van der Waals surface area contributed by atoms with Crippen molar-refractivity contribution in [1.29, 1.82) is 0 Å². The lowest BCUT2D eigenvalue weighted by molar-refractivity contribution is -0.137. The molecule has 2 aromatic rings. The second-order valence-electron chi connectivity index (χ2n) is 7.34. The van der Waals surface area contributed by atoms with Crippen molar-refractivity contribution in [3.05, 3.63) is 62.6 Å². The van der Waals surface area contributed by atoms with Crippen LogP contribution in [0.2, 0.25) is 15.1 Å². The number of piperidine rings is 1. The van der Waals surface area contributed by atoms with E-state index in [4.69, 9.17) is 34.8 Å². The van der Waals surface area contributed by atoms with E-state index in [1.54, 1.807) is 6.07 Å². The van der Waals surface area contributed by atoms with Crippen molar-refractivity contribution in [2.45, 2.75) is 24.8 Å². The molecule has 1 fully saturated rings. The summed E-state index contributed by atoms with van der Waals surface area (Å²) in [5.41, 5.74) is -0.880. The maximum Gasteiger partial charge on any atom is 0.416 e. The zero-order valence-electron chi connectivity index (χ0n) is 16.4. The SMILES string of the molecule is O=C(Nc1cc(C(F)(F)F)ccc1Cl)C1CCCN(S(=O)(=O)Cc2c(Cl)cccc2Cl)C1. The molecule has 174 valence electrons. The monoisotopic (exact) mass is 528 g/mol. The van der Waals surface area contributed by atoms with Crippen LogP contribution < -0.4 is 5.32 Å². The molecule has 1 aliphatic heterocycles. The van der Waals surface area contributed by atoms with E-state index in [-0.39, 0.29) is 39.4 Å². The summed E-state index contributed by atoms with van der Waals surface area (Å²) in [6.07, 6.45) is -3.81. The molecule has 0 spiro atoms. The molecular formula is C20H18Cl3F3N2O3S. The van der Waals surface area contributed by atoms with Crippen molar-refractivity contribution < 1.29 is 26.4 Å². The summed E-state index contributed by atoms with van der Waals surface area (Å²) in [4.78, 5) is 12.7. The average molecular weight is 530 g/mol. The Morgan fingerprint density at radius 1 is 1.09 bits per heavy atom. The van der Waals surface area contributed by atoms with E-state index in [1.807, 2.05) is 0 Å². The molecule has 0 saturated carbocycles. The summed E-state index contributed by atoms with van der Waals surface area (Å²) in [6.45, 7) is 0.0886. The molecule has 0 aliphatic carbocycles. The highest BCUT2D eigenvalue weighted by Gasteiger charge is 2.34. The van der Waals surface area contributed by atoms with E-state index >= 15 is 0 Å². The fraction of sp³-hybridized carbons (Fsp3) is 0.350. The van der Waals surface area contributed by atoms with Crippen molar-refractivity contribution in [2.75, 3.05) is 18.4 Å². The van der Waals surface area contributed by atoms with Crippen molar-refractivity contribution in [1.82, 2.24) is 4.31 Å². The zero-order valence-corrected chi connectivity index (χ0v) is 19.5. The predicted octanol–water partition coefficient (Wildman–Crippen LogP) is 5.85. The molecule has 2 aromatic carbocycles. The molecule has 3 rings (SSSR count). The van der Waals surface area contributed by atoms with Crippen molar-refractivity contribution >= 4 is 56.4 Å². The van der Waals surface area contributed by atoms with Gasteiger partial charge in [0.25, 0.3) is 0 Å². The van der Waals surface area contributed by atoms with Gasteiger partial charge in [-0.05, 0) is 43.2 Å². The summed E-state index contributed by atoms with van der Waals surface area (Å²) in [6, 6.07) is 7.27. The van der Waals surface area contributed by atoms with Crippen molar-refractivity contribution in [3.63, 3.8) is 0 Å². The standard InChI is InChI=1S/C20H18Cl3F3N2O3S/c21-15-4-1-5-16(22)14(15)11-32(30,31)28-8-2-3-12(10-28)19(29)27-18-9-13(20(24,25)26)6-7-17(18)23/h1,4-7,9,12H,2-3,8,10-11H2,(H,27,29). The molecule has 1 saturated heterocycles. The average Bonchev–Trinajstić information content (AvgIpc) is 2.71. The highest BCUT2D eigenvalue weighted by molar-refractivity contribution is 7.88. The van der Waals surface area contributed by atoms with E-state index in [1.165, 1.54) is 16.4 Å². The smallest absolute Gasteiger partial charge is 0.324 e. The third-order valence-corrected chi connectivity index (χ3v) is 7.90. The maximum atomic E-state index is 13.0. The fourth-order valence-corrected chi connectivity index (χ4v) is 5.91. The Morgan fingerprint density at radius 3 is 2.38 bits per heavy atom.